The van der Waals surface area contributed by atoms with Crippen LogP contribution in [0.5, 0.6) is 5.75 Å². The minimum absolute atomic E-state index is 0.0929. The Labute approximate surface area is 176 Å². The lowest BCUT2D eigenvalue weighted by Crippen LogP contribution is -2.44. The van der Waals surface area contributed by atoms with E-state index in [0.717, 1.165) is 47.5 Å². The molecule has 3 rings (SSSR count). The first-order valence-electron chi connectivity index (χ1n) is 10.1. The third kappa shape index (κ3) is 5.41. The number of nitrogens with zero attached hydrogens (tertiary/aromatic N) is 2. The molecule has 2 heterocycles. The summed E-state index contributed by atoms with van der Waals surface area (Å²) in [6, 6.07) is 7.47. The topological polar surface area (TPSA) is 82.9 Å². The number of aromatic nitrogens is 1. The molecule has 158 valence electrons. The van der Waals surface area contributed by atoms with Crippen LogP contribution in [0.15, 0.2) is 30.5 Å². The van der Waals surface area contributed by atoms with Gasteiger partial charge in [-0.25, -0.2) is 0 Å². The average Bonchev–Trinajstić information content (AvgIpc) is 2.75. The maximum Gasteiger partial charge on any atom is 0.308 e. The normalized spacial score (nSPS) is 21.2. The summed E-state index contributed by atoms with van der Waals surface area (Å²) in [6.07, 6.45) is 5.22. The molecule has 0 bridgehead atoms. The maximum absolute atomic E-state index is 11.8. The molecular formula is C22H30N2O4S. The summed E-state index contributed by atoms with van der Waals surface area (Å²) in [4.78, 5) is 18.4. The molecule has 2 aromatic rings. The number of hydrogen-bond acceptors (Lipinski definition) is 6. The van der Waals surface area contributed by atoms with Gasteiger partial charge in [0.2, 0.25) is 0 Å². The van der Waals surface area contributed by atoms with Gasteiger partial charge >= 0.3 is 5.97 Å². The first kappa shape index (κ1) is 21.9. The Kier molecular flexibility index (Phi) is 7.75. The lowest BCUT2D eigenvalue weighted by atomic mass is 9.81. The predicted octanol–water partition coefficient (Wildman–Crippen LogP) is 3.44. The van der Waals surface area contributed by atoms with Crippen LogP contribution >= 0.6 is 11.8 Å². The van der Waals surface area contributed by atoms with E-state index in [1.807, 2.05) is 24.3 Å². The number of fused-ring (bicyclic) bond motifs is 1. The zero-order valence-corrected chi connectivity index (χ0v) is 17.9. The number of aliphatic hydroxyl groups excluding tert-OH is 1. The molecule has 0 radical (unpaired) electrons. The van der Waals surface area contributed by atoms with Crippen molar-refractivity contribution in [2.75, 3.05) is 38.8 Å². The molecule has 6 nitrogen and oxygen atoms in total. The molecule has 0 aliphatic carbocycles. The van der Waals surface area contributed by atoms with E-state index in [2.05, 4.69) is 16.1 Å². The average molecular weight is 419 g/mol. The highest BCUT2D eigenvalue weighted by Crippen LogP contribution is 2.33. The molecule has 1 aromatic carbocycles. The first-order chi connectivity index (χ1) is 14.0. The summed E-state index contributed by atoms with van der Waals surface area (Å²) in [7, 11) is 1.62. The van der Waals surface area contributed by atoms with Crippen LogP contribution in [0.4, 0.5) is 0 Å². The number of ether oxygens (including phenoxy) is 1. The molecule has 3 atom stereocenters. The predicted molar refractivity (Wildman–Crippen MR) is 117 cm³/mol. The van der Waals surface area contributed by atoms with Crippen molar-refractivity contribution in [1.82, 2.24) is 9.88 Å². The number of pyridine rings is 1. The van der Waals surface area contributed by atoms with Crippen LogP contribution in [0.3, 0.4) is 0 Å². The minimum Gasteiger partial charge on any atom is -0.497 e. The number of methoxy groups -OCH3 is 1. The highest BCUT2D eigenvalue weighted by atomic mass is 32.2. The standard InChI is InChI=1S/C22H30N2O4S/c1-28-16-4-5-20-18(13-16)17(7-9-23-20)21(25)6-3-15-8-10-24(11-12-29-2)14-19(15)22(26)27/h4-5,7,9,13,15,19,21,25H,3,6,8,10-12,14H2,1-2H3,(H,26,27)/t15-,19+,21?/m1/s1. The number of aliphatic hydroxyl groups is 1. The fourth-order valence-corrected chi connectivity index (χ4v) is 4.65. The third-order valence-electron chi connectivity index (χ3n) is 5.92. The van der Waals surface area contributed by atoms with Crippen molar-refractivity contribution < 1.29 is 19.7 Å². The fraction of sp³-hybridized carbons (Fsp3) is 0.545. The highest BCUT2D eigenvalue weighted by molar-refractivity contribution is 7.98. The largest absolute Gasteiger partial charge is 0.497 e. The smallest absolute Gasteiger partial charge is 0.308 e. The van der Waals surface area contributed by atoms with E-state index in [1.165, 1.54) is 0 Å². The van der Waals surface area contributed by atoms with Gasteiger partial charge in [0.25, 0.3) is 0 Å². The summed E-state index contributed by atoms with van der Waals surface area (Å²) >= 11 is 1.78. The second-order valence-electron chi connectivity index (χ2n) is 7.66. The van der Waals surface area contributed by atoms with Crippen molar-refractivity contribution in [2.24, 2.45) is 11.8 Å². The molecule has 1 fully saturated rings. The molecule has 1 aromatic heterocycles. The van der Waals surface area contributed by atoms with Gasteiger partial charge in [-0.05, 0) is 67.8 Å². The molecule has 1 saturated heterocycles. The summed E-state index contributed by atoms with van der Waals surface area (Å²) in [6.45, 7) is 2.47. The van der Waals surface area contributed by atoms with Crippen molar-refractivity contribution in [3.8, 4) is 5.75 Å². The monoisotopic (exact) mass is 418 g/mol. The number of benzene rings is 1. The molecule has 0 amide bonds. The van der Waals surface area contributed by atoms with Gasteiger partial charge in [0.15, 0.2) is 0 Å². The zero-order valence-electron chi connectivity index (χ0n) is 17.1. The lowest BCUT2D eigenvalue weighted by molar-refractivity contribution is -0.146. The van der Waals surface area contributed by atoms with Gasteiger partial charge in [-0.3, -0.25) is 9.78 Å². The fourth-order valence-electron chi connectivity index (χ4n) is 4.21. The molecule has 2 N–H and O–H groups in total. The summed E-state index contributed by atoms with van der Waals surface area (Å²) in [5.74, 6) is 0.747. The summed E-state index contributed by atoms with van der Waals surface area (Å²) < 4.78 is 5.31. The molecule has 1 unspecified atom stereocenters. The van der Waals surface area contributed by atoms with E-state index in [1.54, 1.807) is 25.1 Å². The number of rotatable bonds is 9. The minimum atomic E-state index is -0.725. The summed E-state index contributed by atoms with van der Waals surface area (Å²) in [5, 5.41) is 21.5. The highest BCUT2D eigenvalue weighted by Gasteiger charge is 2.34. The van der Waals surface area contributed by atoms with Crippen molar-refractivity contribution in [3.05, 3.63) is 36.0 Å². The van der Waals surface area contributed by atoms with Crippen LogP contribution in [0.2, 0.25) is 0 Å². The van der Waals surface area contributed by atoms with Crippen molar-refractivity contribution in [1.29, 1.82) is 0 Å². The van der Waals surface area contributed by atoms with Crippen LogP contribution in [-0.2, 0) is 4.79 Å². The second kappa shape index (κ2) is 10.3. The molecule has 1 aliphatic heterocycles. The van der Waals surface area contributed by atoms with Crippen molar-refractivity contribution >= 4 is 28.6 Å². The Morgan fingerprint density at radius 3 is 2.97 bits per heavy atom. The number of likely N-dealkylation sites (tertiary alicyclic amines) is 1. The summed E-state index contributed by atoms with van der Waals surface area (Å²) in [5.41, 5.74) is 1.63. The van der Waals surface area contributed by atoms with Crippen LogP contribution < -0.4 is 4.74 Å². The molecule has 0 spiro atoms. The maximum atomic E-state index is 11.8. The van der Waals surface area contributed by atoms with E-state index >= 15 is 0 Å². The van der Waals surface area contributed by atoms with Gasteiger partial charge in [-0.15, -0.1) is 0 Å². The van der Waals surface area contributed by atoms with Gasteiger partial charge in [-0.2, -0.15) is 11.8 Å². The van der Waals surface area contributed by atoms with E-state index in [-0.39, 0.29) is 11.8 Å². The molecular weight excluding hydrogens is 388 g/mol. The Bertz CT molecular complexity index is 832. The van der Waals surface area contributed by atoms with E-state index in [9.17, 15) is 15.0 Å². The van der Waals surface area contributed by atoms with Crippen LogP contribution in [0.25, 0.3) is 10.9 Å². The molecule has 7 heteroatoms. The van der Waals surface area contributed by atoms with E-state index in [4.69, 9.17) is 4.74 Å². The first-order valence-corrected chi connectivity index (χ1v) is 11.5. The number of carboxylic acids is 1. The van der Waals surface area contributed by atoms with Gasteiger partial charge < -0.3 is 19.8 Å². The number of piperidine rings is 1. The number of aliphatic carboxylic acids is 1. The Hall–Kier alpha value is -1.83. The van der Waals surface area contributed by atoms with Gasteiger partial charge in [0.1, 0.15) is 5.75 Å². The Morgan fingerprint density at radius 2 is 2.24 bits per heavy atom. The van der Waals surface area contributed by atoms with E-state index < -0.39 is 12.1 Å². The number of carboxylic acid groups (broad SMARTS) is 1. The van der Waals surface area contributed by atoms with Gasteiger partial charge in [-0.1, -0.05) is 0 Å². The second-order valence-corrected chi connectivity index (χ2v) is 8.65. The number of thioether (sulfide) groups is 1. The SMILES string of the molecule is COc1ccc2nccc(C(O)CC[C@@H]3CCN(CCSC)C[C@@H]3C(=O)O)c2c1. The van der Waals surface area contributed by atoms with Crippen LogP contribution in [0, 0.1) is 11.8 Å². The molecule has 0 saturated carbocycles. The Balaban J connectivity index is 1.67. The molecule has 1 aliphatic rings. The number of hydrogen-bond donors (Lipinski definition) is 2. The van der Waals surface area contributed by atoms with Crippen molar-refractivity contribution in [3.63, 3.8) is 0 Å². The number of carbonyl (C=O) groups is 1. The zero-order chi connectivity index (χ0) is 20.8. The van der Waals surface area contributed by atoms with Gasteiger partial charge in [0.05, 0.1) is 24.6 Å². The third-order valence-corrected chi connectivity index (χ3v) is 6.51. The van der Waals surface area contributed by atoms with Crippen LogP contribution in [-0.4, -0.2) is 64.8 Å². The van der Waals surface area contributed by atoms with Gasteiger partial charge in [0, 0.05) is 30.4 Å². The van der Waals surface area contributed by atoms with E-state index in [0.29, 0.717) is 19.4 Å². The quantitative estimate of drug-likeness (QED) is 0.645. The van der Waals surface area contributed by atoms with Crippen LogP contribution in [0.1, 0.15) is 30.9 Å². The Morgan fingerprint density at radius 1 is 1.41 bits per heavy atom. The van der Waals surface area contributed by atoms with Crippen molar-refractivity contribution in [2.45, 2.75) is 25.4 Å². The lowest BCUT2D eigenvalue weighted by Gasteiger charge is -2.36. The molecule has 29 heavy (non-hydrogen) atoms.